The summed E-state index contributed by atoms with van der Waals surface area (Å²) in [7, 11) is 0. The van der Waals surface area contributed by atoms with Gasteiger partial charge in [0.15, 0.2) is 0 Å². The molecule has 0 aliphatic rings. The molecule has 0 unspecified atom stereocenters. The minimum atomic E-state index is 0.925. The van der Waals surface area contributed by atoms with Crippen LogP contribution in [0.4, 0.5) is 0 Å². The molecule has 0 atom stereocenters. The van der Waals surface area contributed by atoms with Crippen molar-refractivity contribution in [3.8, 4) is 39.3 Å². The van der Waals surface area contributed by atoms with Crippen LogP contribution in [0, 0.1) is 0 Å². The van der Waals surface area contributed by atoms with E-state index in [0.29, 0.717) is 0 Å². The van der Waals surface area contributed by atoms with Gasteiger partial charge in [-0.15, -0.1) is 0 Å². The third-order valence-corrected chi connectivity index (χ3v) is 9.65. The SMILES string of the molecule is c1ccc(-n2c(-c3ccc(-c4ccc(-c5c6ccccc6nc6c5ccc5cccnc56)c5ccccc45)cc3)nc3ccccc32)cc1. The van der Waals surface area contributed by atoms with E-state index in [1.807, 2.05) is 24.4 Å². The van der Waals surface area contributed by atoms with Crippen molar-refractivity contribution in [2.75, 3.05) is 0 Å². The molecule has 3 aromatic heterocycles. The highest BCUT2D eigenvalue weighted by atomic mass is 15.1. The van der Waals surface area contributed by atoms with E-state index in [-0.39, 0.29) is 0 Å². The molecule has 4 heteroatoms. The van der Waals surface area contributed by atoms with Gasteiger partial charge >= 0.3 is 0 Å². The van der Waals surface area contributed by atoms with Crippen LogP contribution in [-0.2, 0) is 0 Å². The normalized spacial score (nSPS) is 11.7. The number of rotatable bonds is 4. The molecule has 10 rings (SSSR count). The van der Waals surface area contributed by atoms with Crippen LogP contribution in [0.25, 0.3) is 93.8 Å². The van der Waals surface area contributed by atoms with Gasteiger partial charge < -0.3 is 0 Å². The van der Waals surface area contributed by atoms with Crippen LogP contribution in [0.2, 0.25) is 0 Å². The van der Waals surface area contributed by atoms with Gasteiger partial charge in [0.2, 0.25) is 0 Å². The lowest BCUT2D eigenvalue weighted by Gasteiger charge is -2.17. The molecule has 0 radical (unpaired) electrons. The average molecular weight is 625 g/mol. The Labute approximate surface area is 282 Å². The second-order valence-corrected chi connectivity index (χ2v) is 12.4. The van der Waals surface area contributed by atoms with Crippen molar-refractivity contribution in [1.29, 1.82) is 0 Å². The first kappa shape index (κ1) is 27.5. The Balaban J connectivity index is 1.15. The van der Waals surface area contributed by atoms with Crippen LogP contribution in [0.5, 0.6) is 0 Å². The lowest BCUT2D eigenvalue weighted by Crippen LogP contribution is -1.97. The number of imidazole rings is 1. The van der Waals surface area contributed by atoms with Crippen molar-refractivity contribution >= 4 is 54.5 Å². The minimum Gasteiger partial charge on any atom is -0.292 e. The first-order valence-electron chi connectivity index (χ1n) is 16.5. The molecule has 0 aliphatic heterocycles. The van der Waals surface area contributed by atoms with Gasteiger partial charge in [0, 0.05) is 39.2 Å². The molecule has 0 aliphatic carbocycles. The second-order valence-electron chi connectivity index (χ2n) is 12.4. The van der Waals surface area contributed by atoms with E-state index in [2.05, 4.69) is 150 Å². The van der Waals surface area contributed by atoms with Gasteiger partial charge in [-0.2, -0.15) is 0 Å². The zero-order valence-electron chi connectivity index (χ0n) is 26.5. The molecule has 228 valence electrons. The van der Waals surface area contributed by atoms with E-state index < -0.39 is 0 Å². The van der Waals surface area contributed by atoms with Crippen molar-refractivity contribution in [2.45, 2.75) is 0 Å². The third kappa shape index (κ3) is 4.35. The largest absolute Gasteiger partial charge is 0.292 e. The van der Waals surface area contributed by atoms with Gasteiger partial charge in [0.25, 0.3) is 0 Å². The highest BCUT2D eigenvalue weighted by Gasteiger charge is 2.18. The Morgan fingerprint density at radius 1 is 0.408 bits per heavy atom. The maximum absolute atomic E-state index is 5.14. The van der Waals surface area contributed by atoms with Crippen LogP contribution < -0.4 is 0 Å². The molecule has 0 amide bonds. The summed E-state index contributed by atoms with van der Waals surface area (Å²) in [6, 6.07) is 57.8. The molecule has 0 bridgehead atoms. The fraction of sp³-hybridized carbons (Fsp3) is 0. The first-order valence-corrected chi connectivity index (χ1v) is 16.5. The summed E-state index contributed by atoms with van der Waals surface area (Å²) >= 11 is 0. The molecule has 4 nitrogen and oxygen atoms in total. The topological polar surface area (TPSA) is 43.6 Å². The minimum absolute atomic E-state index is 0.925. The zero-order valence-corrected chi connectivity index (χ0v) is 26.5. The molecule has 10 aromatic rings. The molecule has 0 saturated carbocycles. The lowest BCUT2D eigenvalue weighted by atomic mass is 9.88. The van der Waals surface area contributed by atoms with E-state index in [1.165, 1.54) is 27.5 Å². The molecular weight excluding hydrogens is 597 g/mol. The number of para-hydroxylation sites is 4. The Kier molecular flexibility index (Phi) is 6.15. The summed E-state index contributed by atoms with van der Waals surface area (Å²) in [6.45, 7) is 0. The highest BCUT2D eigenvalue weighted by Crippen LogP contribution is 2.42. The van der Waals surface area contributed by atoms with Gasteiger partial charge in [-0.05, 0) is 63.9 Å². The summed E-state index contributed by atoms with van der Waals surface area (Å²) in [5, 5.41) is 5.74. The Morgan fingerprint density at radius 3 is 1.92 bits per heavy atom. The van der Waals surface area contributed by atoms with Crippen LogP contribution in [0.15, 0.2) is 170 Å². The lowest BCUT2D eigenvalue weighted by molar-refractivity contribution is 1.10. The average Bonchev–Trinajstić information content (AvgIpc) is 3.57. The molecule has 0 fully saturated rings. The standard InChI is InChI=1S/C45H28N4/c1-2-12-32(13-3-1)49-41-19-9-8-18-40(41)48-45(49)31-22-20-29(21-23-31)33-26-27-36(35-15-5-4-14-34(33)35)42-37-16-6-7-17-39(37)47-44-38(42)25-24-30-11-10-28-46-43(30)44/h1-28H. The van der Waals surface area contributed by atoms with Crippen molar-refractivity contribution in [1.82, 2.24) is 19.5 Å². The van der Waals surface area contributed by atoms with Crippen LogP contribution in [-0.4, -0.2) is 19.5 Å². The van der Waals surface area contributed by atoms with Crippen molar-refractivity contribution in [3.05, 3.63) is 170 Å². The number of benzene rings is 7. The van der Waals surface area contributed by atoms with E-state index in [1.54, 1.807) is 0 Å². The molecule has 7 aromatic carbocycles. The van der Waals surface area contributed by atoms with Crippen LogP contribution >= 0.6 is 0 Å². The number of pyridine rings is 2. The third-order valence-electron chi connectivity index (χ3n) is 9.65. The summed E-state index contributed by atoms with van der Waals surface area (Å²) < 4.78 is 2.25. The fourth-order valence-corrected chi connectivity index (χ4v) is 7.41. The van der Waals surface area contributed by atoms with Crippen molar-refractivity contribution in [3.63, 3.8) is 0 Å². The summed E-state index contributed by atoms with van der Waals surface area (Å²) in [6.07, 6.45) is 1.85. The van der Waals surface area contributed by atoms with E-state index in [4.69, 9.17) is 15.0 Å². The number of aromatic nitrogens is 4. The quantitative estimate of drug-likeness (QED) is 0.145. The Morgan fingerprint density at radius 2 is 1.08 bits per heavy atom. The number of hydrogen-bond donors (Lipinski definition) is 0. The first-order chi connectivity index (χ1) is 24.3. The highest BCUT2D eigenvalue weighted by molar-refractivity contribution is 6.20. The maximum atomic E-state index is 5.14. The van der Waals surface area contributed by atoms with Gasteiger partial charge in [-0.25, -0.2) is 9.97 Å². The summed E-state index contributed by atoms with van der Waals surface area (Å²) in [5.74, 6) is 0.928. The predicted molar refractivity (Wildman–Crippen MR) is 203 cm³/mol. The Hall–Kier alpha value is -6.65. The van der Waals surface area contributed by atoms with E-state index in [9.17, 15) is 0 Å². The van der Waals surface area contributed by atoms with E-state index in [0.717, 1.165) is 66.4 Å². The monoisotopic (exact) mass is 624 g/mol. The molecular formula is C45H28N4. The van der Waals surface area contributed by atoms with Gasteiger partial charge in [0.1, 0.15) is 5.82 Å². The van der Waals surface area contributed by atoms with E-state index >= 15 is 0 Å². The molecule has 0 spiro atoms. The summed E-state index contributed by atoms with van der Waals surface area (Å²) in [5.41, 5.74) is 11.8. The van der Waals surface area contributed by atoms with Gasteiger partial charge in [0.05, 0.1) is 27.6 Å². The number of fused-ring (bicyclic) bond motifs is 6. The second kappa shape index (κ2) is 11.0. The maximum Gasteiger partial charge on any atom is 0.145 e. The fourth-order valence-electron chi connectivity index (χ4n) is 7.41. The van der Waals surface area contributed by atoms with Crippen molar-refractivity contribution < 1.29 is 0 Å². The van der Waals surface area contributed by atoms with Crippen molar-refractivity contribution in [2.24, 2.45) is 0 Å². The molecule has 0 saturated heterocycles. The smallest absolute Gasteiger partial charge is 0.145 e. The molecule has 3 heterocycles. The zero-order chi connectivity index (χ0) is 32.3. The van der Waals surface area contributed by atoms with Gasteiger partial charge in [-0.1, -0.05) is 127 Å². The molecule has 49 heavy (non-hydrogen) atoms. The van der Waals surface area contributed by atoms with Crippen LogP contribution in [0.3, 0.4) is 0 Å². The summed E-state index contributed by atoms with van der Waals surface area (Å²) in [4.78, 5) is 15.0. The number of nitrogens with zero attached hydrogens (tertiary/aromatic N) is 4. The van der Waals surface area contributed by atoms with Crippen LogP contribution in [0.1, 0.15) is 0 Å². The molecule has 0 N–H and O–H groups in total. The van der Waals surface area contributed by atoms with Gasteiger partial charge in [-0.3, -0.25) is 9.55 Å². The number of hydrogen-bond acceptors (Lipinski definition) is 3. The predicted octanol–water partition coefficient (Wildman–Crippen LogP) is 11.4. The Bertz CT molecular complexity index is 2870.